The molecule has 10 heteroatoms. The molecular formula is C11H18O10. The first-order valence-corrected chi connectivity index (χ1v) is 5.72. The Morgan fingerprint density at radius 1 is 0.952 bits per heavy atom. The molecular weight excluding hydrogens is 292 g/mol. The van der Waals surface area contributed by atoms with Crippen LogP contribution in [0, 0.1) is 0 Å². The summed E-state index contributed by atoms with van der Waals surface area (Å²) in [6.07, 6.45) is -8.94. The van der Waals surface area contributed by atoms with Crippen LogP contribution in [-0.4, -0.2) is 87.0 Å². The van der Waals surface area contributed by atoms with E-state index in [9.17, 15) is 30.0 Å². The predicted octanol–water partition coefficient (Wildman–Crippen LogP) is -3.99. The smallest absolute Gasteiger partial charge is 0.333 e. The van der Waals surface area contributed by atoms with Crippen LogP contribution in [0.1, 0.15) is 0 Å². The van der Waals surface area contributed by atoms with Crippen LogP contribution < -0.4 is 0 Å². The lowest BCUT2D eigenvalue weighted by molar-refractivity contribution is -0.210. The molecule has 0 aliphatic rings. The van der Waals surface area contributed by atoms with Crippen molar-refractivity contribution in [2.24, 2.45) is 0 Å². The summed E-state index contributed by atoms with van der Waals surface area (Å²) >= 11 is 0. The minimum Gasteiger partial charge on any atom is -0.466 e. The number of hydrogen-bond acceptors (Lipinski definition) is 10. The molecule has 0 bridgehead atoms. The largest absolute Gasteiger partial charge is 0.466 e. The van der Waals surface area contributed by atoms with Gasteiger partial charge in [-0.1, -0.05) is 0 Å². The van der Waals surface area contributed by atoms with Crippen LogP contribution in [0.15, 0.2) is 12.2 Å². The Bertz CT molecular complexity index is 368. The molecule has 5 atom stereocenters. The van der Waals surface area contributed by atoms with Crippen molar-refractivity contribution in [3.8, 4) is 0 Å². The minimum atomic E-state index is -2.24. The molecule has 0 fully saturated rings. The van der Waals surface area contributed by atoms with Crippen LogP contribution in [0.2, 0.25) is 0 Å². The van der Waals surface area contributed by atoms with Crippen molar-refractivity contribution in [1.82, 2.24) is 0 Å². The number of rotatable bonds is 8. The summed E-state index contributed by atoms with van der Waals surface area (Å²) in [5.41, 5.74) is 0. The van der Waals surface area contributed by atoms with E-state index in [1.54, 1.807) is 0 Å². The Balaban J connectivity index is 4.50. The van der Waals surface area contributed by atoms with Gasteiger partial charge in [0, 0.05) is 12.2 Å². The summed E-state index contributed by atoms with van der Waals surface area (Å²) in [5.74, 6) is -2.08. The summed E-state index contributed by atoms with van der Waals surface area (Å²) in [5, 5.41) is 55.1. The summed E-state index contributed by atoms with van der Waals surface area (Å²) in [6, 6.07) is 0. The van der Waals surface area contributed by atoms with Crippen molar-refractivity contribution in [1.29, 1.82) is 0 Å². The van der Waals surface area contributed by atoms with Crippen molar-refractivity contribution in [3.05, 3.63) is 12.2 Å². The Kier molecular flexibility index (Phi) is 8.69. The molecule has 0 aromatic carbocycles. The normalized spacial score (nSPS) is 18.6. The second-order valence-electron chi connectivity index (χ2n) is 3.91. The standard InChI is InChI=1S/C11H18O10/c1-20-6(14)2-3-7(15)21-11(19)10(18)9(17)8(16)5(13)4-12/h2-3,5,8-13,16-19H,4H2,1H3/b3-2+/t5-,8-,9+,10-,11?/m1/s1. The number of methoxy groups -OCH3 is 1. The van der Waals surface area contributed by atoms with Crippen molar-refractivity contribution < 1.29 is 49.7 Å². The highest BCUT2D eigenvalue weighted by molar-refractivity contribution is 5.91. The van der Waals surface area contributed by atoms with E-state index < -0.39 is 49.3 Å². The summed E-state index contributed by atoms with van der Waals surface area (Å²) < 4.78 is 8.44. The number of esters is 2. The molecule has 10 nitrogen and oxygen atoms in total. The van der Waals surface area contributed by atoms with Crippen molar-refractivity contribution >= 4 is 11.9 Å². The molecule has 6 N–H and O–H groups in total. The number of ether oxygens (including phenoxy) is 2. The summed E-state index contributed by atoms with van der Waals surface area (Å²) in [6.45, 7) is -0.900. The Labute approximate surface area is 119 Å². The van der Waals surface area contributed by atoms with E-state index in [4.69, 9.17) is 10.2 Å². The van der Waals surface area contributed by atoms with Gasteiger partial charge in [0.1, 0.15) is 24.4 Å². The molecule has 0 amide bonds. The number of aliphatic hydroxyl groups is 6. The van der Waals surface area contributed by atoms with Gasteiger partial charge in [-0.2, -0.15) is 0 Å². The van der Waals surface area contributed by atoms with Gasteiger partial charge in [-0.15, -0.1) is 0 Å². The van der Waals surface area contributed by atoms with Gasteiger partial charge < -0.3 is 40.1 Å². The quantitative estimate of drug-likeness (QED) is 0.147. The van der Waals surface area contributed by atoms with Crippen LogP contribution in [0.4, 0.5) is 0 Å². The first kappa shape index (κ1) is 19.4. The fraction of sp³-hybridized carbons (Fsp3) is 0.636. The van der Waals surface area contributed by atoms with Gasteiger partial charge in [-0.25, -0.2) is 9.59 Å². The SMILES string of the molecule is COC(=O)/C=C/C(=O)OC(O)[C@H](O)[C@@H](O)[C@H](O)[C@H](O)CO. The van der Waals surface area contributed by atoms with Crippen molar-refractivity contribution in [2.45, 2.75) is 30.7 Å². The van der Waals surface area contributed by atoms with E-state index in [2.05, 4.69) is 9.47 Å². The maximum absolute atomic E-state index is 11.1. The molecule has 1 unspecified atom stereocenters. The summed E-state index contributed by atoms with van der Waals surface area (Å²) in [4.78, 5) is 21.8. The monoisotopic (exact) mass is 310 g/mol. The average molecular weight is 310 g/mol. The van der Waals surface area contributed by atoms with Gasteiger partial charge in [0.25, 0.3) is 0 Å². The molecule has 0 spiro atoms. The van der Waals surface area contributed by atoms with Gasteiger partial charge in [-0.05, 0) is 0 Å². The molecule has 0 rings (SSSR count). The highest BCUT2D eigenvalue weighted by Crippen LogP contribution is 2.09. The second-order valence-corrected chi connectivity index (χ2v) is 3.91. The lowest BCUT2D eigenvalue weighted by Gasteiger charge is -2.27. The van der Waals surface area contributed by atoms with Crippen LogP contribution in [0.3, 0.4) is 0 Å². The first-order chi connectivity index (χ1) is 9.74. The Morgan fingerprint density at radius 3 is 1.95 bits per heavy atom. The van der Waals surface area contributed by atoms with Crippen molar-refractivity contribution in [2.75, 3.05) is 13.7 Å². The third kappa shape index (κ3) is 6.62. The zero-order chi connectivity index (χ0) is 16.6. The third-order valence-corrected chi connectivity index (χ3v) is 2.37. The van der Waals surface area contributed by atoms with Gasteiger partial charge >= 0.3 is 11.9 Å². The van der Waals surface area contributed by atoms with Gasteiger partial charge in [0.05, 0.1) is 13.7 Å². The lowest BCUT2D eigenvalue weighted by atomic mass is 10.0. The zero-order valence-corrected chi connectivity index (χ0v) is 11.1. The highest BCUT2D eigenvalue weighted by Gasteiger charge is 2.35. The molecule has 0 aliphatic carbocycles. The molecule has 0 aliphatic heterocycles. The Morgan fingerprint density at radius 2 is 1.48 bits per heavy atom. The molecule has 0 aromatic rings. The van der Waals surface area contributed by atoms with Crippen LogP contribution in [0.25, 0.3) is 0 Å². The van der Waals surface area contributed by atoms with Gasteiger partial charge in [0.2, 0.25) is 6.29 Å². The second kappa shape index (κ2) is 9.39. The molecule has 0 saturated carbocycles. The predicted molar refractivity (Wildman–Crippen MR) is 64.4 cm³/mol. The van der Waals surface area contributed by atoms with E-state index in [0.717, 1.165) is 7.11 Å². The highest BCUT2D eigenvalue weighted by atomic mass is 16.6. The fourth-order valence-corrected chi connectivity index (χ4v) is 1.14. The maximum Gasteiger partial charge on any atom is 0.333 e. The molecule has 0 radical (unpaired) electrons. The number of hydrogen-bond donors (Lipinski definition) is 6. The molecule has 21 heavy (non-hydrogen) atoms. The van der Waals surface area contributed by atoms with E-state index in [1.165, 1.54) is 0 Å². The van der Waals surface area contributed by atoms with E-state index >= 15 is 0 Å². The number of carbonyl (C=O) groups is 2. The summed E-state index contributed by atoms with van der Waals surface area (Å²) in [7, 11) is 1.07. The minimum absolute atomic E-state index is 0.604. The molecule has 0 saturated heterocycles. The van der Waals surface area contributed by atoms with Crippen LogP contribution in [-0.2, 0) is 19.1 Å². The van der Waals surface area contributed by atoms with Crippen LogP contribution >= 0.6 is 0 Å². The Hall–Kier alpha value is -1.56. The van der Waals surface area contributed by atoms with Crippen molar-refractivity contribution in [3.63, 3.8) is 0 Å². The molecule has 0 heterocycles. The number of aliphatic hydroxyl groups excluding tert-OH is 6. The first-order valence-electron chi connectivity index (χ1n) is 5.72. The van der Waals surface area contributed by atoms with Gasteiger partial charge in [-0.3, -0.25) is 0 Å². The average Bonchev–Trinajstić information content (AvgIpc) is 2.49. The maximum atomic E-state index is 11.1. The van der Waals surface area contributed by atoms with E-state index in [-0.39, 0.29) is 0 Å². The van der Waals surface area contributed by atoms with Gasteiger partial charge in [0.15, 0.2) is 0 Å². The molecule has 122 valence electrons. The van der Waals surface area contributed by atoms with Crippen LogP contribution in [0.5, 0.6) is 0 Å². The fourth-order valence-electron chi connectivity index (χ4n) is 1.14. The van der Waals surface area contributed by atoms with E-state index in [0.29, 0.717) is 12.2 Å². The third-order valence-electron chi connectivity index (χ3n) is 2.37. The lowest BCUT2D eigenvalue weighted by Crippen LogP contribution is -2.50. The van der Waals surface area contributed by atoms with E-state index in [1.807, 2.05) is 0 Å². The number of carbonyl (C=O) groups excluding carboxylic acids is 2. The topological polar surface area (TPSA) is 174 Å². The molecule has 0 aromatic heterocycles. The zero-order valence-electron chi connectivity index (χ0n) is 11.1.